The van der Waals surface area contributed by atoms with Crippen LogP contribution in [-0.2, 0) is 0 Å². The number of rotatable bonds is 1. The number of nitrogens with one attached hydrogen (secondary N) is 1. The quantitative estimate of drug-likeness (QED) is 0.675. The second kappa shape index (κ2) is 3.37. The fourth-order valence-electron chi connectivity index (χ4n) is 1.49. The third-order valence-corrected chi connectivity index (χ3v) is 2.25. The van der Waals surface area contributed by atoms with Crippen molar-refractivity contribution >= 4 is 11.0 Å². The largest absolute Gasteiger partial charge is 0.335 e. The van der Waals surface area contributed by atoms with Crippen LogP contribution < -0.4 is 0 Å². The number of H-pyrrole nitrogens is 1. The minimum Gasteiger partial charge on any atom is -0.335 e. The normalized spacial score (nSPS) is 10.8. The average molecular weight is 214 g/mol. The summed E-state index contributed by atoms with van der Waals surface area (Å²) in [6, 6.07) is 4.74. The van der Waals surface area contributed by atoms with Crippen molar-refractivity contribution in [2.45, 2.75) is 0 Å². The summed E-state index contributed by atoms with van der Waals surface area (Å²) in [5.41, 5.74) is 2.26. The van der Waals surface area contributed by atoms with E-state index in [0.29, 0.717) is 11.5 Å². The van der Waals surface area contributed by atoms with Crippen molar-refractivity contribution in [3.63, 3.8) is 0 Å². The van der Waals surface area contributed by atoms with Gasteiger partial charge in [-0.1, -0.05) is 0 Å². The van der Waals surface area contributed by atoms with Crippen molar-refractivity contribution in [3.05, 3.63) is 42.6 Å². The molecule has 3 aromatic rings. The molecule has 0 amide bonds. The molecular weight excluding hydrogens is 207 g/mol. The monoisotopic (exact) mass is 214 g/mol. The van der Waals surface area contributed by atoms with Crippen LogP contribution in [0.3, 0.4) is 0 Å². The Morgan fingerprint density at radius 2 is 2.06 bits per heavy atom. The zero-order chi connectivity index (χ0) is 11.0. The molecule has 78 valence electrons. The van der Waals surface area contributed by atoms with E-state index in [2.05, 4.69) is 19.9 Å². The molecule has 0 bridgehead atoms. The summed E-state index contributed by atoms with van der Waals surface area (Å²) in [6.07, 6.45) is 4.53. The average Bonchev–Trinajstić information content (AvgIpc) is 2.73. The molecule has 0 unspecified atom stereocenters. The van der Waals surface area contributed by atoms with Crippen LogP contribution in [0.5, 0.6) is 0 Å². The van der Waals surface area contributed by atoms with Gasteiger partial charge in [-0.15, -0.1) is 0 Å². The van der Waals surface area contributed by atoms with Crippen LogP contribution in [0.4, 0.5) is 4.39 Å². The van der Waals surface area contributed by atoms with Crippen LogP contribution in [0.2, 0.25) is 0 Å². The van der Waals surface area contributed by atoms with Crippen molar-refractivity contribution in [1.29, 1.82) is 0 Å². The van der Waals surface area contributed by atoms with E-state index in [1.165, 1.54) is 12.3 Å². The molecule has 3 aromatic heterocycles. The lowest BCUT2D eigenvalue weighted by molar-refractivity contribution is 0.621. The third-order valence-electron chi connectivity index (χ3n) is 2.25. The molecule has 0 aliphatic heterocycles. The van der Waals surface area contributed by atoms with Gasteiger partial charge in [-0.25, -0.2) is 14.4 Å². The van der Waals surface area contributed by atoms with Gasteiger partial charge >= 0.3 is 0 Å². The maximum atomic E-state index is 12.7. The summed E-state index contributed by atoms with van der Waals surface area (Å²) in [5, 5.41) is 0. The summed E-state index contributed by atoms with van der Waals surface area (Å²) in [7, 11) is 0. The van der Waals surface area contributed by atoms with Crippen LogP contribution >= 0.6 is 0 Å². The zero-order valence-corrected chi connectivity index (χ0v) is 8.18. The number of aromatic nitrogens is 4. The number of aromatic amines is 1. The predicted molar refractivity (Wildman–Crippen MR) is 57.1 cm³/mol. The maximum absolute atomic E-state index is 12.7. The van der Waals surface area contributed by atoms with Crippen molar-refractivity contribution in [2.75, 3.05) is 0 Å². The van der Waals surface area contributed by atoms with E-state index in [0.717, 1.165) is 11.0 Å². The van der Waals surface area contributed by atoms with Crippen LogP contribution in [-0.4, -0.2) is 19.9 Å². The SMILES string of the molecule is Fc1ccc(-c2nc3ccncc3[nH]2)nc1. The van der Waals surface area contributed by atoms with Crippen molar-refractivity contribution in [2.24, 2.45) is 0 Å². The van der Waals surface area contributed by atoms with Gasteiger partial charge < -0.3 is 4.98 Å². The summed E-state index contributed by atoms with van der Waals surface area (Å²) in [5.74, 6) is 0.254. The van der Waals surface area contributed by atoms with E-state index in [1.54, 1.807) is 24.5 Å². The highest BCUT2D eigenvalue weighted by molar-refractivity contribution is 5.77. The van der Waals surface area contributed by atoms with Gasteiger partial charge in [0.1, 0.15) is 11.5 Å². The second-order valence-electron chi connectivity index (χ2n) is 3.34. The molecule has 0 atom stereocenters. The lowest BCUT2D eigenvalue weighted by Crippen LogP contribution is -1.85. The summed E-state index contributed by atoms with van der Waals surface area (Å²) >= 11 is 0. The highest BCUT2D eigenvalue weighted by Crippen LogP contribution is 2.17. The number of hydrogen-bond acceptors (Lipinski definition) is 3. The van der Waals surface area contributed by atoms with Crippen LogP contribution in [0.25, 0.3) is 22.6 Å². The number of halogens is 1. The molecule has 0 aliphatic rings. The second-order valence-corrected chi connectivity index (χ2v) is 3.34. The van der Waals surface area contributed by atoms with Gasteiger partial charge in [0.2, 0.25) is 0 Å². The van der Waals surface area contributed by atoms with Gasteiger partial charge in [0, 0.05) is 6.20 Å². The van der Waals surface area contributed by atoms with Crippen molar-refractivity contribution in [3.8, 4) is 11.5 Å². The fourth-order valence-corrected chi connectivity index (χ4v) is 1.49. The molecule has 0 fully saturated rings. The lowest BCUT2D eigenvalue weighted by atomic mass is 10.3. The molecule has 5 heteroatoms. The van der Waals surface area contributed by atoms with Crippen molar-refractivity contribution < 1.29 is 4.39 Å². The van der Waals surface area contributed by atoms with Gasteiger partial charge in [0.05, 0.1) is 23.4 Å². The Morgan fingerprint density at radius 1 is 1.12 bits per heavy atom. The molecule has 0 aliphatic carbocycles. The first-order valence-corrected chi connectivity index (χ1v) is 4.74. The van der Waals surface area contributed by atoms with Gasteiger partial charge in [-0.05, 0) is 18.2 Å². The smallest absolute Gasteiger partial charge is 0.157 e. The van der Waals surface area contributed by atoms with E-state index in [4.69, 9.17) is 0 Å². The van der Waals surface area contributed by atoms with Gasteiger partial charge in [-0.3, -0.25) is 4.98 Å². The Hall–Kier alpha value is -2.30. The molecule has 3 heterocycles. The third kappa shape index (κ3) is 1.42. The number of pyridine rings is 2. The molecule has 0 radical (unpaired) electrons. The lowest BCUT2D eigenvalue weighted by Gasteiger charge is -1.93. The molecular formula is C11H7FN4. The Balaban J connectivity index is 2.15. The first-order valence-electron chi connectivity index (χ1n) is 4.74. The Kier molecular flexibility index (Phi) is 1.89. The van der Waals surface area contributed by atoms with Crippen molar-refractivity contribution in [1.82, 2.24) is 19.9 Å². The summed E-state index contributed by atoms with van der Waals surface area (Å²) in [6.45, 7) is 0. The molecule has 3 rings (SSSR count). The number of hydrogen-bond donors (Lipinski definition) is 1. The zero-order valence-electron chi connectivity index (χ0n) is 8.18. The molecule has 0 aromatic carbocycles. The van der Waals surface area contributed by atoms with Crippen LogP contribution in [0.1, 0.15) is 0 Å². The Bertz CT molecular complexity index is 597. The fraction of sp³-hybridized carbons (Fsp3) is 0. The number of nitrogens with zero attached hydrogens (tertiary/aromatic N) is 3. The molecule has 0 spiro atoms. The molecule has 1 N–H and O–H groups in total. The van der Waals surface area contributed by atoms with E-state index in [1.807, 2.05) is 0 Å². The summed E-state index contributed by atoms with van der Waals surface area (Å²) in [4.78, 5) is 15.3. The van der Waals surface area contributed by atoms with Gasteiger partial charge in [0.15, 0.2) is 5.82 Å². The Morgan fingerprint density at radius 3 is 2.81 bits per heavy atom. The molecule has 16 heavy (non-hydrogen) atoms. The highest BCUT2D eigenvalue weighted by atomic mass is 19.1. The Labute approximate surface area is 90.2 Å². The molecule has 0 saturated carbocycles. The van der Waals surface area contributed by atoms with Crippen LogP contribution in [0.15, 0.2) is 36.8 Å². The van der Waals surface area contributed by atoms with E-state index < -0.39 is 0 Å². The van der Waals surface area contributed by atoms with E-state index in [-0.39, 0.29) is 5.82 Å². The predicted octanol–water partition coefficient (Wildman–Crippen LogP) is 2.16. The van der Waals surface area contributed by atoms with E-state index in [9.17, 15) is 4.39 Å². The molecule has 4 nitrogen and oxygen atoms in total. The minimum absolute atomic E-state index is 0.360. The first-order chi connectivity index (χ1) is 7.83. The standard InChI is InChI=1S/C11H7FN4/c12-7-1-2-9(14-5-7)11-15-8-3-4-13-6-10(8)16-11/h1-6H,(H,15,16). The minimum atomic E-state index is -0.360. The van der Waals surface area contributed by atoms with Crippen LogP contribution in [0, 0.1) is 5.82 Å². The first kappa shape index (κ1) is 8.96. The number of fused-ring (bicyclic) bond motifs is 1. The van der Waals surface area contributed by atoms with E-state index >= 15 is 0 Å². The maximum Gasteiger partial charge on any atom is 0.157 e. The number of imidazole rings is 1. The highest BCUT2D eigenvalue weighted by Gasteiger charge is 2.05. The van der Waals surface area contributed by atoms with Gasteiger partial charge in [-0.2, -0.15) is 0 Å². The topological polar surface area (TPSA) is 54.5 Å². The molecule has 0 saturated heterocycles. The van der Waals surface area contributed by atoms with Gasteiger partial charge in [0.25, 0.3) is 0 Å². The summed E-state index contributed by atoms with van der Waals surface area (Å²) < 4.78 is 12.7.